The summed E-state index contributed by atoms with van der Waals surface area (Å²) in [6.45, 7) is 2.50. The Morgan fingerprint density at radius 2 is 2.04 bits per heavy atom. The molecular weight excluding hydrogens is 284 g/mol. The Bertz CT molecular complexity index is 559. The number of fused-ring (bicyclic) bond motifs is 5. The summed E-state index contributed by atoms with van der Waals surface area (Å²) in [5, 5.41) is 20.7. The summed E-state index contributed by atoms with van der Waals surface area (Å²) < 4.78 is 0. The van der Waals surface area contributed by atoms with Gasteiger partial charge in [-0.15, -0.1) is 12.3 Å². The van der Waals surface area contributed by atoms with E-state index in [0.717, 1.165) is 31.6 Å². The molecule has 4 aliphatic rings. The zero-order valence-electron chi connectivity index (χ0n) is 14.3. The number of allylic oxidation sites excluding steroid dienone is 2. The smallest absolute Gasteiger partial charge is 0.0957 e. The van der Waals surface area contributed by atoms with Gasteiger partial charge in [-0.3, -0.25) is 0 Å². The van der Waals surface area contributed by atoms with Crippen molar-refractivity contribution in [3.63, 3.8) is 0 Å². The molecule has 4 aliphatic carbocycles. The fourth-order valence-electron chi connectivity index (χ4n) is 7.10. The Balaban J connectivity index is 1.64. The maximum atomic E-state index is 10.6. The molecule has 3 saturated carbocycles. The lowest BCUT2D eigenvalue weighted by molar-refractivity contribution is -0.123. The molecule has 0 aromatic carbocycles. The van der Waals surface area contributed by atoms with Crippen LogP contribution in [0.3, 0.4) is 0 Å². The van der Waals surface area contributed by atoms with E-state index < -0.39 is 0 Å². The third kappa shape index (κ3) is 2.05. The number of aliphatic hydroxyl groups excluding tert-OH is 2. The van der Waals surface area contributed by atoms with Gasteiger partial charge in [0, 0.05) is 11.8 Å². The number of hydrogen-bond acceptors (Lipinski definition) is 2. The molecule has 0 amide bonds. The van der Waals surface area contributed by atoms with Gasteiger partial charge in [-0.2, -0.15) is 0 Å². The summed E-state index contributed by atoms with van der Waals surface area (Å²) in [5.74, 6) is 6.14. The Kier molecular flexibility index (Phi) is 3.58. The predicted octanol–water partition coefficient (Wildman–Crippen LogP) is 4.45. The zero-order valence-corrected chi connectivity index (χ0v) is 14.3. The molecule has 0 bridgehead atoms. The minimum Gasteiger partial charge on any atom is -0.512 e. The van der Waals surface area contributed by atoms with Gasteiger partial charge in [-0.25, -0.2) is 0 Å². The molecule has 0 saturated heterocycles. The molecule has 0 spiro atoms. The molecule has 2 N–H and O–H groups in total. The highest BCUT2D eigenvalue weighted by atomic mass is 16.3. The van der Waals surface area contributed by atoms with Crippen LogP contribution in [-0.2, 0) is 0 Å². The Morgan fingerprint density at radius 3 is 2.83 bits per heavy atom. The summed E-state index contributed by atoms with van der Waals surface area (Å²) in [7, 11) is 0. The summed E-state index contributed by atoms with van der Waals surface area (Å²) in [6, 6.07) is 0. The van der Waals surface area contributed by atoms with Crippen molar-refractivity contribution < 1.29 is 10.2 Å². The first-order chi connectivity index (χ1) is 11.0. The fourth-order valence-corrected chi connectivity index (χ4v) is 7.10. The van der Waals surface area contributed by atoms with Gasteiger partial charge in [0.2, 0.25) is 0 Å². The van der Waals surface area contributed by atoms with Crippen molar-refractivity contribution in [3.8, 4) is 12.3 Å². The van der Waals surface area contributed by atoms with E-state index in [9.17, 15) is 10.2 Å². The van der Waals surface area contributed by atoms with Crippen LogP contribution in [0.25, 0.3) is 0 Å². The van der Waals surface area contributed by atoms with E-state index in [1.807, 2.05) is 0 Å². The van der Waals surface area contributed by atoms with Gasteiger partial charge in [0.1, 0.15) is 0 Å². The van der Waals surface area contributed by atoms with Crippen molar-refractivity contribution in [2.45, 2.75) is 70.8 Å². The molecule has 7 atom stereocenters. The normalized spacial score (nSPS) is 51.9. The molecule has 3 fully saturated rings. The van der Waals surface area contributed by atoms with Gasteiger partial charge in [-0.05, 0) is 86.5 Å². The molecular formula is C21H30O2. The first-order valence-electron chi connectivity index (χ1n) is 9.52. The second-order valence-electron chi connectivity index (χ2n) is 8.99. The molecule has 0 aromatic heterocycles. The summed E-state index contributed by atoms with van der Waals surface area (Å²) in [5.41, 5.74) is 0.274. The first-order valence-corrected chi connectivity index (χ1v) is 9.52. The van der Waals surface area contributed by atoms with Crippen molar-refractivity contribution in [1.29, 1.82) is 0 Å². The number of rotatable bonds is 1. The van der Waals surface area contributed by atoms with Crippen LogP contribution in [0.2, 0.25) is 0 Å². The van der Waals surface area contributed by atoms with Crippen LogP contribution in [0.1, 0.15) is 64.7 Å². The molecule has 0 aromatic rings. The topological polar surface area (TPSA) is 40.5 Å². The van der Waals surface area contributed by atoms with E-state index in [2.05, 4.69) is 18.9 Å². The SMILES string of the molecule is C#CC[C@]12CC[C@H]3[C@@H](CCC4CC(O)CC[C@@]43C)[C@@H]1CC=C2O. The van der Waals surface area contributed by atoms with E-state index >= 15 is 0 Å². The van der Waals surface area contributed by atoms with E-state index in [1.165, 1.54) is 25.7 Å². The van der Waals surface area contributed by atoms with Crippen LogP contribution in [-0.4, -0.2) is 16.3 Å². The number of hydrogen-bond donors (Lipinski definition) is 2. The van der Waals surface area contributed by atoms with Gasteiger partial charge in [0.25, 0.3) is 0 Å². The lowest BCUT2D eigenvalue weighted by Gasteiger charge is -2.60. The van der Waals surface area contributed by atoms with Crippen LogP contribution in [0, 0.1) is 46.8 Å². The average Bonchev–Trinajstić information content (AvgIpc) is 2.86. The van der Waals surface area contributed by atoms with Crippen LogP contribution in [0.4, 0.5) is 0 Å². The van der Waals surface area contributed by atoms with Crippen molar-refractivity contribution in [1.82, 2.24) is 0 Å². The lowest BCUT2D eigenvalue weighted by atomic mass is 9.44. The molecule has 23 heavy (non-hydrogen) atoms. The highest BCUT2D eigenvalue weighted by molar-refractivity contribution is 5.24. The van der Waals surface area contributed by atoms with E-state index in [1.54, 1.807) is 0 Å². The summed E-state index contributed by atoms with van der Waals surface area (Å²) in [6.07, 6.45) is 17.3. The molecule has 2 unspecified atom stereocenters. The van der Waals surface area contributed by atoms with Gasteiger partial charge in [0.05, 0.1) is 11.9 Å². The monoisotopic (exact) mass is 314 g/mol. The third-order valence-corrected chi connectivity index (χ3v) is 8.34. The molecule has 0 aliphatic heterocycles. The number of terminal acetylenes is 1. The maximum Gasteiger partial charge on any atom is 0.0957 e. The zero-order chi connectivity index (χ0) is 16.2. The highest BCUT2D eigenvalue weighted by Gasteiger charge is 2.60. The first kappa shape index (κ1) is 15.6. The van der Waals surface area contributed by atoms with Gasteiger partial charge in [-0.1, -0.05) is 6.92 Å². The average molecular weight is 314 g/mol. The minimum atomic E-state index is -0.118. The van der Waals surface area contributed by atoms with E-state index in [-0.39, 0.29) is 11.5 Å². The molecule has 0 radical (unpaired) electrons. The molecule has 126 valence electrons. The lowest BCUT2D eigenvalue weighted by Crippen LogP contribution is -2.54. The Labute approximate surface area is 140 Å². The van der Waals surface area contributed by atoms with E-state index in [0.29, 0.717) is 35.3 Å². The summed E-state index contributed by atoms with van der Waals surface area (Å²) in [4.78, 5) is 0. The third-order valence-electron chi connectivity index (χ3n) is 8.34. The van der Waals surface area contributed by atoms with Crippen LogP contribution >= 0.6 is 0 Å². The van der Waals surface area contributed by atoms with Crippen molar-refractivity contribution in [2.75, 3.05) is 0 Å². The fraction of sp³-hybridized carbons (Fsp3) is 0.810. The second-order valence-corrected chi connectivity index (χ2v) is 8.99. The maximum absolute atomic E-state index is 10.6. The molecule has 0 heterocycles. The molecule has 2 heteroatoms. The standard InChI is InChI=1S/C21H30O2/c1-3-10-21-12-9-17-16(18(21)6-7-19(21)23)5-4-14-13-15(22)8-11-20(14,17)2/h1,7,14-18,22-23H,4-6,8-13H2,2H3/t14?,15?,16-,17+,18+,20+,21+/m1/s1. The van der Waals surface area contributed by atoms with Gasteiger partial charge >= 0.3 is 0 Å². The molecule has 2 nitrogen and oxygen atoms in total. The quantitative estimate of drug-likeness (QED) is 0.702. The highest BCUT2D eigenvalue weighted by Crippen LogP contribution is 2.66. The van der Waals surface area contributed by atoms with Gasteiger partial charge < -0.3 is 10.2 Å². The minimum absolute atomic E-state index is 0.0778. The van der Waals surface area contributed by atoms with Crippen molar-refractivity contribution >= 4 is 0 Å². The summed E-state index contributed by atoms with van der Waals surface area (Å²) >= 11 is 0. The van der Waals surface area contributed by atoms with E-state index in [4.69, 9.17) is 6.42 Å². The van der Waals surface area contributed by atoms with Crippen molar-refractivity contribution in [3.05, 3.63) is 11.8 Å². The van der Waals surface area contributed by atoms with Crippen LogP contribution in [0.5, 0.6) is 0 Å². The predicted molar refractivity (Wildman–Crippen MR) is 91.6 cm³/mol. The number of aliphatic hydroxyl groups is 2. The van der Waals surface area contributed by atoms with Gasteiger partial charge in [0.15, 0.2) is 0 Å². The molecule has 4 rings (SSSR count). The Hall–Kier alpha value is -0.940. The largest absolute Gasteiger partial charge is 0.512 e. The van der Waals surface area contributed by atoms with Crippen LogP contribution < -0.4 is 0 Å². The second kappa shape index (κ2) is 5.28. The van der Waals surface area contributed by atoms with Crippen LogP contribution in [0.15, 0.2) is 11.8 Å². The van der Waals surface area contributed by atoms with Crippen molar-refractivity contribution in [2.24, 2.45) is 34.5 Å². The Morgan fingerprint density at radius 1 is 1.22 bits per heavy atom.